The van der Waals surface area contributed by atoms with Gasteiger partial charge in [0.15, 0.2) is 0 Å². The van der Waals surface area contributed by atoms with Crippen molar-refractivity contribution in [2.24, 2.45) is 5.73 Å². The van der Waals surface area contributed by atoms with E-state index in [-0.39, 0.29) is 6.04 Å². The van der Waals surface area contributed by atoms with Crippen molar-refractivity contribution in [2.45, 2.75) is 39.3 Å². The first kappa shape index (κ1) is 16.5. The van der Waals surface area contributed by atoms with Crippen LogP contribution in [0.25, 0.3) is 0 Å². The molecule has 0 aliphatic carbocycles. The van der Waals surface area contributed by atoms with Crippen LogP contribution >= 0.6 is 15.9 Å². The summed E-state index contributed by atoms with van der Waals surface area (Å²) in [5, 5.41) is 0. The molecule has 0 bridgehead atoms. The number of methoxy groups -OCH3 is 1. The van der Waals surface area contributed by atoms with E-state index in [9.17, 15) is 0 Å². The van der Waals surface area contributed by atoms with Crippen molar-refractivity contribution in [3.63, 3.8) is 0 Å². The van der Waals surface area contributed by atoms with Crippen molar-refractivity contribution in [1.29, 1.82) is 0 Å². The molecule has 0 spiro atoms. The van der Waals surface area contributed by atoms with Crippen LogP contribution in [0.15, 0.2) is 22.7 Å². The molecule has 2 N–H and O–H groups in total. The van der Waals surface area contributed by atoms with Crippen molar-refractivity contribution >= 4 is 21.6 Å². The third-order valence-corrected chi connectivity index (χ3v) is 3.67. The molecule has 0 fully saturated rings. The maximum atomic E-state index is 5.96. The molecule has 0 aliphatic heterocycles. The molecular weight excluding hydrogens is 304 g/mol. The van der Waals surface area contributed by atoms with Gasteiger partial charge in [-0.1, -0.05) is 15.9 Å². The summed E-state index contributed by atoms with van der Waals surface area (Å²) in [6.45, 7) is 8.08. The second-order valence-corrected chi connectivity index (χ2v) is 5.96. The second kappa shape index (κ2) is 7.88. The number of benzene rings is 1. The molecule has 2 atom stereocenters. The lowest BCUT2D eigenvalue weighted by atomic mass is 10.0. The standard InChI is InChI=1S/C15H25BrN2O/c1-5-18(12(3)10-19-4)15-7-6-14(16)9-13(15)8-11(2)17/h6-7,9,11-12H,5,8,10,17H2,1-4H3. The number of ether oxygens (including phenoxy) is 1. The molecule has 0 aromatic heterocycles. The summed E-state index contributed by atoms with van der Waals surface area (Å²) in [5.41, 5.74) is 8.50. The van der Waals surface area contributed by atoms with Gasteiger partial charge in [0.1, 0.15) is 0 Å². The highest BCUT2D eigenvalue weighted by Crippen LogP contribution is 2.27. The van der Waals surface area contributed by atoms with Crippen molar-refractivity contribution in [3.05, 3.63) is 28.2 Å². The Bertz CT molecular complexity index is 396. The summed E-state index contributed by atoms with van der Waals surface area (Å²) >= 11 is 3.54. The monoisotopic (exact) mass is 328 g/mol. The minimum absolute atomic E-state index is 0.157. The highest BCUT2D eigenvalue weighted by atomic mass is 79.9. The second-order valence-electron chi connectivity index (χ2n) is 5.04. The molecule has 0 radical (unpaired) electrons. The van der Waals surface area contributed by atoms with Gasteiger partial charge in [0.2, 0.25) is 0 Å². The zero-order valence-corrected chi connectivity index (χ0v) is 13.9. The number of anilines is 1. The van der Waals surface area contributed by atoms with E-state index in [2.05, 4.69) is 52.9 Å². The molecule has 108 valence electrons. The number of halogens is 1. The molecule has 0 heterocycles. The van der Waals surface area contributed by atoms with E-state index < -0.39 is 0 Å². The molecule has 1 rings (SSSR count). The largest absolute Gasteiger partial charge is 0.383 e. The number of rotatable bonds is 7. The summed E-state index contributed by atoms with van der Waals surface area (Å²) in [7, 11) is 1.74. The first-order chi connectivity index (χ1) is 8.99. The molecule has 0 amide bonds. The molecule has 1 aromatic rings. The van der Waals surface area contributed by atoms with Gasteiger partial charge < -0.3 is 15.4 Å². The highest BCUT2D eigenvalue weighted by molar-refractivity contribution is 9.10. The van der Waals surface area contributed by atoms with Gasteiger partial charge in [0, 0.05) is 35.9 Å². The number of hydrogen-bond acceptors (Lipinski definition) is 3. The third-order valence-electron chi connectivity index (χ3n) is 3.17. The zero-order valence-electron chi connectivity index (χ0n) is 12.3. The van der Waals surface area contributed by atoms with Gasteiger partial charge in [0.05, 0.1) is 6.61 Å². The molecular formula is C15H25BrN2O. The minimum atomic E-state index is 0.157. The number of hydrogen-bond donors (Lipinski definition) is 1. The summed E-state index contributed by atoms with van der Waals surface area (Å²) in [4.78, 5) is 2.37. The Morgan fingerprint density at radius 3 is 2.58 bits per heavy atom. The summed E-state index contributed by atoms with van der Waals surface area (Å²) < 4.78 is 6.38. The van der Waals surface area contributed by atoms with Crippen molar-refractivity contribution in [3.8, 4) is 0 Å². The van der Waals surface area contributed by atoms with Crippen LogP contribution in [0.4, 0.5) is 5.69 Å². The van der Waals surface area contributed by atoms with Crippen LogP contribution in [0.2, 0.25) is 0 Å². The minimum Gasteiger partial charge on any atom is -0.383 e. The van der Waals surface area contributed by atoms with Crippen LogP contribution in [-0.4, -0.2) is 32.3 Å². The summed E-state index contributed by atoms with van der Waals surface area (Å²) in [6, 6.07) is 6.92. The Labute approximate surface area is 125 Å². The molecule has 4 heteroatoms. The van der Waals surface area contributed by atoms with Gasteiger partial charge in [-0.3, -0.25) is 0 Å². The average molecular weight is 329 g/mol. The van der Waals surface area contributed by atoms with Gasteiger partial charge in [-0.15, -0.1) is 0 Å². The molecule has 1 aromatic carbocycles. The van der Waals surface area contributed by atoms with E-state index in [1.54, 1.807) is 7.11 Å². The van der Waals surface area contributed by atoms with E-state index in [0.29, 0.717) is 6.04 Å². The molecule has 2 unspecified atom stereocenters. The number of likely N-dealkylation sites (N-methyl/N-ethyl adjacent to an activating group) is 1. The molecule has 0 aliphatic rings. The maximum Gasteiger partial charge on any atom is 0.0663 e. The highest BCUT2D eigenvalue weighted by Gasteiger charge is 2.16. The summed E-state index contributed by atoms with van der Waals surface area (Å²) in [5.74, 6) is 0. The van der Waals surface area contributed by atoms with Gasteiger partial charge in [-0.25, -0.2) is 0 Å². The van der Waals surface area contributed by atoms with Crippen molar-refractivity contribution in [1.82, 2.24) is 0 Å². The average Bonchev–Trinajstić information content (AvgIpc) is 2.32. The lowest BCUT2D eigenvalue weighted by Gasteiger charge is -2.32. The van der Waals surface area contributed by atoms with Gasteiger partial charge in [-0.05, 0) is 51.0 Å². The van der Waals surface area contributed by atoms with E-state index in [1.165, 1.54) is 11.3 Å². The first-order valence-electron chi connectivity index (χ1n) is 6.79. The van der Waals surface area contributed by atoms with E-state index in [4.69, 9.17) is 10.5 Å². The topological polar surface area (TPSA) is 38.5 Å². The molecule has 0 saturated carbocycles. The first-order valence-corrected chi connectivity index (χ1v) is 7.58. The third kappa shape index (κ3) is 4.79. The van der Waals surface area contributed by atoms with E-state index in [1.807, 2.05) is 6.92 Å². The maximum absolute atomic E-state index is 5.96. The SMILES string of the molecule is CCN(c1ccc(Br)cc1CC(C)N)C(C)COC. The Hall–Kier alpha value is -0.580. The van der Waals surface area contributed by atoms with Crippen LogP contribution in [-0.2, 0) is 11.2 Å². The molecule has 0 saturated heterocycles. The van der Waals surface area contributed by atoms with Crippen LogP contribution in [0.5, 0.6) is 0 Å². The van der Waals surface area contributed by atoms with Gasteiger partial charge in [0.25, 0.3) is 0 Å². The fraction of sp³-hybridized carbons (Fsp3) is 0.600. The van der Waals surface area contributed by atoms with Crippen molar-refractivity contribution in [2.75, 3.05) is 25.2 Å². The quantitative estimate of drug-likeness (QED) is 0.835. The smallest absolute Gasteiger partial charge is 0.0663 e. The van der Waals surface area contributed by atoms with Gasteiger partial charge in [-0.2, -0.15) is 0 Å². The lowest BCUT2D eigenvalue weighted by Crippen LogP contribution is -2.37. The lowest BCUT2D eigenvalue weighted by molar-refractivity contribution is 0.182. The van der Waals surface area contributed by atoms with Gasteiger partial charge >= 0.3 is 0 Å². The van der Waals surface area contributed by atoms with Crippen LogP contribution < -0.4 is 10.6 Å². The number of nitrogens with two attached hydrogens (primary N) is 1. The Morgan fingerprint density at radius 1 is 1.37 bits per heavy atom. The fourth-order valence-corrected chi connectivity index (χ4v) is 2.80. The predicted octanol–water partition coefficient (Wildman–Crippen LogP) is 3.20. The Balaban J connectivity index is 3.07. The Kier molecular flexibility index (Phi) is 6.83. The zero-order chi connectivity index (χ0) is 14.4. The van der Waals surface area contributed by atoms with Crippen LogP contribution in [0, 0.1) is 0 Å². The molecule has 19 heavy (non-hydrogen) atoms. The van der Waals surface area contributed by atoms with Crippen LogP contribution in [0.3, 0.4) is 0 Å². The number of nitrogens with zero attached hydrogens (tertiary/aromatic N) is 1. The van der Waals surface area contributed by atoms with Crippen molar-refractivity contribution < 1.29 is 4.74 Å². The van der Waals surface area contributed by atoms with E-state index >= 15 is 0 Å². The fourth-order valence-electron chi connectivity index (χ4n) is 2.40. The van der Waals surface area contributed by atoms with Crippen LogP contribution in [0.1, 0.15) is 26.3 Å². The molecule has 3 nitrogen and oxygen atoms in total. The Morgan fingerprint density at radius 2 is 2.05 bits per heavy atom. The predicted molar refractivity (Wildman–Crippen MR) is 85.9 cm³/mol. The van der Waals surface area contributed by atoms with E-state index in [0.717, 1.165) is 24.0 Å². The summed E-state index contributed by atoms with van der Waals surface area (Å²) in [6.07, 6.45) is 0.880. The normalized spacial score (nSPS) is 14.2.